The van der Waals surface area contributed by atoms with Crippen molar-refractivity contribution in [1.82, 2.24) is 9.13 Å². The summed E-state index contributed by atoms with van der Waals surface area (Å²) in [5.74, 6) is 0. The largest absolute Gasteiger partial charge is 0.322 e. The Labute approximate surface area is 60.8 Å². The summed E-state index contributed by atoms with van der Waals surface area (Å²) in [6, 6.07) is 0. The van der Waals surface area contributed by atoms with E-state index in [1.807, 2.05) is 0 Å². The smallest absolute Gasteiger partial charge is 0.172 e. The number of hydrogen-bond acceptors (Lipinski definition) is 2. The van der Waals surface area contributed by atoms with Crippen molar-refractivity contribution in [3.8, 4) is 0 Å². The van der Waals surface area contributed by atoms with Gasteiger partial charge in [0.15, 0.2) is 9.84 Å². The van der Waals surface area contributed by atoms with E-state index in [0.29, 0.717) is 0 Å². The van der Waals surface area contributed by atoms with Crippen molar-refractivity contribution >= 4 is 9.84 Å². The van der Waals surface area contributed by atoms with Crippen LogP contribution in [0.5, 0.6) is 0 Å². The molecular weight excluding hydrogens is 128 g/mol. The Bertz CT molecular complexity index is 62.1. The van der Waals surface area contributed by atoms with Crippen LogP contribution in [0.2, 0.25) is 0 Å². The molecule has 0 aromatic heterocycles. The van der Waals surface area contributed by atoms with Crippen molar-refractivity contribution in [3.05, 3.63) is 0 Å². The highest BCUT2D eigenvalue weighted by atomic mass is 28.2. The molecule has 0 aromatic rings. The Balaban J connectivity index is 3.31. The van der Waals surface area contributed by atoms with Crippen molar-refractivity contribution < 1.29 is 0 Å². The van der Waals surface area contributed by atoms with Gasteiger partial charge in [0, 0.05) is 0 Å². The predicted molar refractivity (Wildman–Crippen MR) is 45.2 cm³/mol. The first kappa shape index (κ1) is 9.14. The summed E-state index contributed by atoms with van der Waals surface area (Å²) in [5, 5.41) is 0. The summed E-state index contributed by atoms with van der Waals surface area (Å²) in [6.07, 6.45) is 0. The van der Waals surface area contributed by atoms with Crippen LogP contribution in [-0.2, 0) is 0 Å². The first-order valence-electron chi connectivity index (χ1n) is 3.57. The monoisotopic (exact) mass is 146 g/mol. The molecule has 0 radical (unpaired) electrons. The van der Waals surface area contributed by atoms with E-state index in [2.05, 4.69) is 37.1 Å². The van der Waals surface area contributed by atoms with E-state index >= 15 is 0 Å². The van der Waals surface area contributed by atoms with Crippen molar-refractivity contribution in [1.29, 1.82) is 0 Å². The van der Waals surface area contributed by atoms with Crippen LogP contribution >= 0.6 is 0 Å². The summed E-state index contributed by atoms with van der Waals surface area (Å²) in [4.78, 5) is 0. The van der Waals surface area contributed by atoms with Gasteiger partial charge in [0.2, 0.25) is 0 Å². The van der Waals surface area contributed by atoms with Crippen molar-refractivity contribution in [2.45, 2.75) is 13.8 Å². The maximum atomic E-state index is 2.51. The van der Waals surface area contributed by atoms with Gasteiger partial charge >= 0.3 is 0 Å². The summed E-state index contributed by atoms with van der Waals surface area (Å²) in [5.41, 5.74) is 0. The minimum absolute atomic E-state index is 0.0733. The summed E-state index contributed by atoms with van der Waals surface area (Å²) < 4.78 is 4.84. The second-order valence-electron chi connectivity index (χ2n) is 2.52. The molecule has 0 N–H and O–H groups in total. The standard InChI is InChI=1S/C6H18N2Si/c1-5-8(6-2)9-7(3)4/h5-6,9H2,1-4H3. The van der Waals surface area contributed by atoms with Gasteiger partial charge in [-0.25, -0.2) is 0 Å². The molecule has 0 atom stereocenters. The quantitative estimate of drug-likeness (QED) is 0.511. The van der Waals surface area contributed by atoms with Gasteiger partial charge in [0.1, 0.15) is 0 Å². The third kappa shape index (κ3) is 4.63. The van der Waals surface area contributed by atoms with Crippen LogP contribution < -0.4 is 0 Å². The lowest BCUT2D eigenvalue weighted by Crippen LogP contribution is -2.36. The highest BCUT2D eigenvalue weighted by Gasteiger charge is 1.98. The van der Waals surface area contributed by atoms with Crippen LogP contribution in [0.4, 0.5) is 0 Å². The summed E-state index contributed by atoms with van der Waals surface area (Å²) in [7, 11) is 4.24. The number of hydrogen-bond donors (Lipinski definition) is 0. The third-order valence-electron chi connectivity index (χ3n) is 1.38. The van der Waals surface area contributed by atoms with Gasteiger partial charge in [-0.15, -0.1) is 0 Å². The van der Waals surface area contributed by atoms with Crippen LogP contribution in [-0.4, -0.2) is 46.2 Å². The molecule has 0 amide bonds. The van der Waals surface area contributed by atoms with E-state index < -0.39 is 0 Å². The van der Waals surface area contributed by atoms with Crippen LogP contribution in [0, 0.1) is 0 Å². The van der Waals surface area contributed by atoms with Gasteiger partial charge in [-0.1, -0.05) is 13.8 Å². The van der Waals surface area contributed by atoms with Gasteiger partial charge in [-0.2, -0.15) is 0 Å². The second-order valence-corrected chi connectivity index (χ2v) is 4.97. The van der Waals surface area contributed by atoms with Crippen LogP contribution in [0.15, 0.2) is 0 Å². The lowest BCUT2D eigenvalue weighted by Gasteiger charge is -2.21. The second kappa shape index (κ2) is 4.96. The molecule has 3 heteroatoms. The minimum atomic E-state index is -0.0733. The first-order valence-corrected chi connectivity index (χ1v) is 4.84. The molecule has 0 rings (SSSR count). The molecule has 56 valence electrons. The maximum Gasteiger partial charge on any atom is 0.172 e. The average molecular weight is 146 g/mol. The maximum absolute atomic E-state index is 2.51. The molecule has 0 bridgehead atoms. The average Bonchev–Trinajstić information content (AvgIpc) is 1.82. The van der Waals surface area contributed by atoms with Gasteiger partial charge in [-0.05, 0) is 27.2 Å². The molecule has 0 aromatic carbocycles. The molecule has 0 aliphatic rings. The fraction of sp³-hybridized carbons (Fsp3) is 1.00. The fourth-order valence-electron chi connectivity index (χ4n) is 0.824. The van der Waals surface area contributed by atoms with Gasteiger partial charge in [0.25, 0.3) is 0 Å². The fourth-order valence-corrected chi connectivity index (χ4v) is 2.02. The molecule has 9 heavy (non-hydrogen) atoms. The molecule has 0 aliphatic carbocycles. The van der Waals surface area contributed by atoms with Crippen LogP contribution in [0.3, 0.4) is 0 Å². The van der Waals surface area contributed by atoms with E-state index in [9.17, 15) is 0 Å². The number of nitrogens with zero attached hydrogens (tertiary/aromatic N) is 2. The SMILES string of the molecule is CCN(CC)[SiH2]N(C)C. The zero-order valence-corrected chi connectivity index (χ0v) is 8.43. The van der Waals surface area contributed by atoms with E-state index in [4.69, 9.17) is 0 Å². The summed E-state index contributed by atoms with van der Waals surface area (Å²) >= 11 is 0. The number of rotatable bonds is 4. The van der Waals surface area contributed by atoms with Crippen LogP contribution in [0.25, 0.3) is 0 Å². The van der Waals surface area contributed by atoms with Gasteiger partial charge in [-0.3, -0.25) is 0 Å². The molecule has 0 saturated heterocycles. The molecule has 0 aliphatic heterocycles. The lowest BCUT2D eigenvalue weighted by atomic mass is 10.7. The van der Waals surface area contributed by atoms with Gasteiger partial charge < -0.3 is 9.13 Å². The normalized spacial score (nSPS) is 12.7. The topological polar surface area (TPSA) is 6.48 Å². The van der Waals surface area contributed by atoms with E-state index in [0.717, 1.165) is 0 Å². The van der Waals surface area contributed by atoms with E-state index in [1.54, 1.807) is 0 Å². The molecule has 0 saturated carbocycles. The Hall–Kier alpha value is 0.137. The van der Waals surface area contributed by atoms with Crippen LogP contribution in [0.1, 0.15) is 13.8 Å². The predicted octanol–water partition coefficient (Wildman–Crippen LogP) is -0.111. The first-order chi connectivity index (χ1) is 4.20. The third-order valence-corrected chi connectivity index (χ3v) is 3.24. The summed E-state index contributed by atoms with van der Waals surface area (Å²) in [6.45, 7) is 6.86. The Kier molecular flexibility index (Phi) is 5.04. The van der Waals surface area contributed by atoms with E-state index in [1.165, 1.54) is 13.1 Å². The zero-order valence-electron chi connectivity index (χ0n) is 7.02. The highest BCUT2D eigenvalue weighted by molar-refractivity contribution is 6.28. The zero-order chi connectivity index (χ0) is 7.28. The molecular formula is C6H18N2Si. The van der Waals surface area contributed by atoms with E-state index in [-0.39, 0.29) is 9.84 Å². The molecule has 0 heterocycles. The molecule has 2 nitrogen and oxygen atoms in total. The van der Waals surface area contributed by atoms with Crippen molar-refractivity contribution in [3.63, 3.8) is 0 Å². The lowest BCUT2D eigenvalue weighted by molar-refractivity contribution is 0.447. The Morgan fingerprint density at radius 1 is 1.11 bits per heavy atom. The minimum Gasteiger partial charge on any atom is -0.322 e. The molecule has 0 fully saturated rings. The van der Waals surface area contributed by atoms with Gasteiger partial charge in [0.05, 0.1) is 0 Å². The van der Waals surface area contributed by atoms with Crippen molar-refractivity contribution in [2.24, 2.45) is 0 Å². The molecule has 0 spiro atoms. The molecule has 0 unspecified atom stereocenters. The highest BCUT2D eigenvalue weighted by Crippen LogP contribution is 1.83. The van der Waals surface area contributed by atoms with Crippen molar-refractivity contribution in [2.75, 3.05) is 27.2 Å². The Morgan fingerprint density at radius 2 is 1.56 bits per heavy atom. The Morgan fingerprint density at radius 3 is 1.67 bits per heavy atom.